The van der Waals surface area contributed by atoms with Gasteiger partial charge in [0.15, 0.2) is 11.5 Å². The van der Waals surface area contributed by atoms with E-state index in [-0.39, 0.29) is 12.0 Å². The Morgan fingerprint density at radius 3 is 2.79 bits per heavy atom. The molecule has 3 rings (SSSR count). The minimum atomic E-state index is 0.186. The van der Waals surface area contributed by atoms with E-state index in [2.05, 4.69) is 37.8 Å². The Kier molecular flexibility index (Phi) is 6.30. The van der Waals surface area contributed by atoms with Crippen LogP contribution < -0.4 is 9.47 Å². The van der Waals surface area contributed by atoms with Gasteiger partial charge in [-0.2, -0.15) is 5.26 Å². The molecule has 1 atom stereocenters. The van der Waals surface area contributed by atoms with Crippen LogP contribution in [0.5, 0.6) is 11.5 Å². The van der Waals surface area contributed by atoms with Gasteiger partial charge in [0.1, 0.15) is 17.7 Å². The largest absolute Gasteiger partial charge is 0.493 e. The van der Waals surface area contributed by atoms with Crippen molar-refractivity contribution < 1.29 is 9.47 Å². The molecule has 0 bridgehead atoms. The SMILES string of the molecule is C#CCOc1ccc(C=Nc2sc3c(c2C#N)CC[C@H](C(C)(C)C)C3)cc1OC. The first-order valence-electron chi connectivity index (χ1n) is 9.70. The van der Waals surface area contributed by atoms with E-state index in [4.69, 9.17) is 15.9 Å². The molecule has 1 aliphatic carbocycles. The van der Waals surface area contributed by atoms with Crippen molar-refractivity contribution in [3.63, 3.8) is 0 Å². The van der Waals surface area contributed by atoms with Gasteiger partial charge >= 0.3 is 0 Å². The number of ether oxygens (including phenoxy) is 2. The second-order valence-electron chi connectivity index (χ2n) is 8.26. The van der Waals surface area contributed by atoms with Crippen LogP contribution in [0.4, 0.5) is 5.00 Å². The minimum absolute atomic E-state index is 0.186. The Bertz CT molecular complexity index is 1000. The summed E-state index contributed by atoms with van der Waals surface area (Å²) in [4.78, 5) is 5.96. The van der Waals surface area contributed by atoms with Gasteiger partial charge in [-0.05, 0) is 59.9 Å². The topological polar surface area (TPSA) is 54.6 Å². The Morgan fingerprint density at radius 2 is 2.14 bits per heavy atom. The predicted octanol–water partition coefficient (Wildman–Crippen LogP) is 5.54. The molecule has 29 heavy (non-hydrogen) atoms. The molecule has 1 heterocycles. The maximum atomic E-state index is 9.72. The third kappa shape index (κ3) is 4.63. The minimum Gasteiger partial charge on any atom is -0.493 e. The Hall–Kier alpha value is -2.76. The average Bonchev–Trinajstić information content (AvgIpc) is 3.06. The van der Waals surface area contributed by atoms with Crippen LogP contribution in [0.3, 0.4) is 0 Å². The molecule has 1 aromatic heterocycles. The van der Waals surface area contributed by atoms with E-state index >= 15 is 0 Å². The molecule has 5 heteroatoms. The molecule has 1 aliphatic rings. The molecule has 0 spiro atoms. The number of terminal acetylenes is 1. The number of nitriles is 1. The quantitative estimate of drug-likeness (QED) is 0.484. The lowest BCUT2D eigenvalue weighted by Gasteiger charge is -2.33. The van der Waals surface area contributed by atoms with Crippen LogP contribution in [-0.2, 0) is 12.8 Å². The highest BCUT2D eigenvalue weighted by atomic mass is 32.1. The van der Waals surface area contributed by atoms with Gasteiger partial charge in [0.25, 0.3) is 0 Å². The van der Waals surface area contributed by atoms with Crippen LogP contribution in [0.1, 0.15) is 48.8 Å². The second kappa shape index (κ2) is 8.72. The zero-order valence-electron chi connectivity index (χ0n) is 17.4. The van der Waals surface area contributed by atoms with E-state index in [9.17, 15) is 5.26 Å². The molecule has 0 fully saturated rings. The van der Waals surface area contributed by atoms with E-state index in [1.54, 1.807) is 24.7 Å². The molecule has 0 saturated heterocycles. The van der Waals surface area contributed by atoms with E-state index < -0.39 is 0 Å². The Labute approximate surface area is 177 Å². The second-order valence-corrected chi connectivity index (χ2v) is 9.35. The van der Waals surface area contributed by atoms with Crippen molar-refractivity contribution >= 4 is 22.6 Å². The molecular weight excluding hydrogens is 380 g/mol. The van der Waals surface area contributed by atoms with Crippen molar-refractivity contribution in [2.75, 3.05) is 13.7 Å². The van der Waals surface area contributed by atoms with E-state index in [0.717, 1.165) is 35.4 Å². The molecule has 0 radical (unpaired) electrons. The number of methoxy groups -OCH3 is 1. The number of rotatable bonds is 5. The summed E-state index contributed by atoms with van der Waals surface area (Å²) < 4.78 is 10.9. The molecule has 1 aromatic carbocycles. The van der Waals surface area contributed by atoms with Gasteiger partial charge in [0.05, 0.1) is 12.7 Å². The third-order valence-electron chi connectivity index (χ3n) is 5.41. The molecular formula is C24H26N2O2S. The summed E-state index contributed by atoms with van der Waals surface area (Å²) in [6, 6.07) is 7.94. The fraction of sp³-hybridized carbons (Fsp3) is 0.417. The van der Waals surface area contributed by atoms with Gasteiger partial charge in [-0.3, -0.25) is 0 Å². The first-order valence-corrected chi connectivity index (χ1v) is 10.5. The lowest BCUT2D eigenvalue weighted by atomic mass is 9.72. The highest BCUT2D eigenvalue weighted by Crippen LogP contribution is 2.44. The predicted molar refractivity (Wildman–Crippen MR) is 119 cm³/mol. The van der Waals surface area contributed by atoms with Crippen molar-refractivity contribution in [2.24, 2.45) is 16.3 Å². The van der Waals surface area contributed by atoms with Gasteiger partial charge in [-0.1, -0.05) is 26.7 Å². The van der Waals surface area contributed by atoms with Crippen molar-refractivity contribution in [2.45, 2.75) is 40.0 Å². The highest BCUT2D eigenvalue weighted by Gasteiger charge is 2.32. The van der Waals surface area contributed by atoms with E-state index in [0.29, 0.717) is 17.4 Å². The van der Waals surface area contributed by atoms with Crippen molar-refractivity contribution in [3.05, 3.63) is 39.8 Å². The van der Waals surface area contributed by atoms with Crippen LogP contribution in [0, 0.1) is 35.0 Å². The summed E-state index contributed by atoms with van der Waals surface area (Å²) in [5.74, 6) is 4.28. The van der Waals surface area contributed by atoms with Crippen LogP contribution >= 0.6 is 11.3 Å². The maximum Gasteiger partial charge on any atom is 0.162 e. The van der Waals surface area contributed by atoms with Gasteiger partial charge in [-0.25, -0.2) is 4.99 Å². The lowest BCUT2D eigenvalue weighted by molar-refractivity contribution is 0.218. The smallest absolute Gasteiger partial charge is 0.162 e. The summed E-state index contributed by atoms with van der Waals surface area (Å²) in [5.41, 5.74) is 3.07. The average molecular weight is 407 g/mol. The van der Waals surface area contributed by atoms with Crippen LogP contribution in [0.2, 0.25) is 0 Å². The van der Waals surface area contributed by atoms with E-state index in [1.807, 2.05) is 18.2 Å². The van der Waals surface area contributed by atoms with Gasteiger partial charge in [0.2, 0.25) is 0 Å². The fourth-order valence-corrected chi connectivity index (χ4v) is 4.87. The van der Waals surface area contributed by atoms with Crippen molar-refractivity contribution in [3.8, 4) is 29.9 Å². The number of nitrogens with zero attached hydrogens (tertiary/aromatic N) is 2. The normalized spacial score (nSPS) is 16.1. The van der Waals surface area contributed by atoms with Gasteiger partial charge in [0, 0.05) is 11.1 Å². The molecule has 150 valence electrons. The molecule has 0 saturated carbocycles. The van der Waals surface area contributed by atoms with Crippen LogP contribution in [0.15, 0.2) is 23.2 Å². The van der Waals surface area contributed by atoms with E-state index in [1.165, 1.54) is 10.4 Å². The maximum absolute atomic E-state index is 9.72. The summed E-state index contributed by atoms with van der Waals surface area (Å²) in [5, 5.41) is 10.5. The van der Waals surface area contributed by atoms with Crippen LogP contribution in [0.25, 0.3) is 0 Å². The number of aliphatic imine (C=N–C) groups is 1. The highest BCUT2D eigenvalue weighted by molar-refractivity contribution is 7.16. The third-order valence-corrected chi connectivity index (χ3v) is 6.58. The van der Waals surface area contributed by atoms with Crippen molar-refractivity contribution in [1.29, 1.82) is 5.26 Å². The number of benzene rings is 1. The zero-order valence-corrected chi connectivity index (χ0v) is 18.2. The summed E-state index contributed by atoms with van der Waals surface area (Å²) in [7, 11) is 1.59. The first-order chi connectivity index (χ1) is 13.9. The van der Waals surface area contributed by atoms with Crippen molar-refractivity contribution in [1.82, 2.24) is 0 Å². The summed E-state index contributed by atoms with van der Waals surface area (Å²) >= 11 is 1.65. The summed E-state index contributed by atoms with van der Waals surface area (Å²) in [6.07, 6.45) is 10.1. The molecule has 0 N–H and O–H groups in total. The Balaban J connectivity index is 1.86. The zero-order chi connectivity index (χ0) is 21.0. The summed E-state index contributed by atoms with van der Waals surface area (Å²) in [6.45, 7) is 7.08. The molecule has 0 amide bonds. The lowest BCUT2D eigenvalue weighted by Crippen LogP contribution is -2.26. The van der Waals surface area contributed by atoms with Gasteiger partial charge < -0.3 is 9.47 Å². The standard InChI is InChI=1S/C24H26N2O2S/c1-6-11-28-20-10-7-16(12-21(20)27-5)15-26-23-19(14-25)18-9-8-17(24(2,3)4)13-22(18)29-23/h1,7,10,12,15,17H,8-9,11,13H2,2-5H3/t17-/m0/s1. The fourth-order valence-electron chi connectivity index (χ4n) is 3.65. The number of fused-ring (bicyclic) bond motifs is 1. The number of hydrogen-bond donors (Lipinski definition) is 0. The molecule has 0 unspecified atom stereocenters. The Morgan fingerprint density at radius 1 is 1.34 bits per heavy atom. The van der Waals surface area contributed by atoms with Gasteiger partial charge in [-0.15, -0.1) is 17.8 Å². The first kappa shape index (κ1) is 21.0. The molecule has 2 aromatic rings. The monoisotopic (exact) mass is 406 g/mol. The molecule has 4 nitrogen and oxygen atoms in total. The number of hydrogen-bond acceptors (Lipinski definition) is 5. The van der Waals surface area contributed by atoms with Crippen LogP contribution in [-0.4, -0.2) is 19.9 Å². The number of thiophene rings is 1. The molecule has 0 aliphatic heterocycles.